The first-order valence-corrected chi connectivity index (χ1v) is 7.18. The molecule has 1 amide bonds. The average Bonchev–Trinajstić information content (AvgIpc) is 2.87. The van der Waals surface area contributed by atoms with Crippen LogP contribution in [-0.2, 0) is 11.2 Å². The molecule has 0 bridgehead atoms. The Hall–Kier alpha value is -1.35. The molecule has 0 spiro atoms. The zero-order chi connectivity index (χ0) is 13.9. The van der Waals surface area contributed by atoms with E-state index in [0.717, 1.165) is 25.8 Å². The first kappa shape index (κ1) is 14.1. The van der Waals surface area contributed by atoms with Gasteiger partial charge in [0.25, 0.3) is 0 Å². The van der Waals surface area contributed by atoms with Gasteiger partial charge in [-0.2, -0.15) is 0 Å². The third-order valence-corrected chi connectivity index (χ3v) is 4.18. The predicted octanol–water partition coefficient (Wildman–Crippen LogP) is 2.35. The lowest BCUT2D eigenvalue weighted by molar-refractivity contribution is -0.137. The molecule has 104 valence electrons. The summed E-state index contributed by atoms with van der Waals surface area (Å²) in [4.78, 5) is 14.5. The van der Waals surface area contributed by atoms with E-state index in [1.165, 1.54) is 5.56 Å². The van der Waals surface area contributed by atoms with Crippen LogP contribution in [0.25, 0.3) is 0 Å². The molecule has 1 aromatic carbocycles. The Labute approximate surface area is 115 Å². The second kappa shape index (κ2) is 5.74. The molecule has 0 aromatic heterocycles. The first-order valence-electron chi connectivity index (χ1n) is 7.18. The summed E-state index contributed by atoms with van der Waals surface area (Å²) >= 11 is 0. The minimum atomic E-state index is -0.723. The quantitative estimate of drug-likeness (QED) is 0.903. The molecular weight excluding hydrogens is 236 g/mol. The van der Waals surface area contributed by atoms with Crippen LogP contribution in [0.5, 0.6) is 0 Å². The molecule has 3 heteroatoms. The largest absolute Gasteiger partial charge is 0.338 e. The SMILES string of the molecule is CCC(C)(N)C(=O)N1CCCC1Cc1ccccc1. The fourth-order valence-corrected chi connectivity index (χ4v) is 2.68. The summed E-state index contributed by atoms with van der Waals surface area (Å²) in [6, 6.07) is 10.7. The van der Waals surface area contributed by atoms with Crippen LogP contribution in [0.4, 0.5) is 0 Å². The molecule has 19 heavy (non-hydrogen) atoms. The monoisotopic (exact) mass is 260 g/mol. The van der Waals surface area contributed by atoms with Crippen LogP contribution in [0, 0.1) is 0 Å². The van der Waals surface area contributed by atoms with E-state index in [1.54, 1.807) is 0 Å². The van der Waals surface area contributed by atoms with Crippen LogP contribution in [0.1, 0.15) is 38.7 Å². The van der Waals surface area contributed by atoms with E-state index < -0.39 is 5.54 Å². The van der Waals surface area contributed by atoms with Gasteiger partial charge in [0.05, 0.1) is 5.54 Å². The van der Waals surface area contributed by atoms with Crippen molar-refractivity contribution in [1.82, 2.24) is 4.90 Å². The zero-order valence-corrected chi connectivity index (χ0v) is 11.9. The van der Waals surface area contributed by atoms with Crippen molar-refractivity contribution in [2.45, 2.75) is 51.1 Å². The number of nitrogens with zero attached hydrogens (tertiary/aromatic N) is 1. The number of likely N-dealkylation sites (tertiary alicyclic amines) is 1. The molecule has 0 aliphatic carbocycles. The third kappa shape index (κ3) is 3.16. The van der Waals surface area contributed by atoms with Gasteiger partial charge < -0.3 is 10.6 Å². The second-order valence-corrected chi connectivity index (χ2v) is 5.76. The lowest BCUT2D eigenvalue weighted by atomic mass is 9.97. The van der Waals surface area contributed by atoms with Crippen molar-refractivity contribution in [3.8, 4) is 0 Å². The third-order valence-electron chi connectivity index (χ3n) is 4.18. The number of benzene rings is 1. The number of rotatable bonds is 4. The van der Waals surface area contributed by atoms with E-state index in [2.05, 4.69) is 24.3 Å². The lowest BCUT2D eigenvalue weighted by Gasteiger charge is -2.32. The molecule has 1 fully saturated rings. The molecule has 1 aliphatic heterocycles. The molecule has 0 saturated carbocycles. The van der Waals surface area contributed by atoms with E-state index in [1.807, 2.05) is 24.8 Å². The number of carbonyl (C=O) groups excluding carboxylic acids is 1. The summed E-state index contributed by atoms with van der Waals surface area (Å²) in [6.45, 7) is 4.66. The van der Waals surface area contributed by atoms with Crippen molar-refractivity contribution in [3.05, 3.63) is 35.9 Å². The fraction of sp³-hybridized carbons (Fsp3) is 0.562. The van der Waals surface area contributed by atoms with Crippen molar-refractivity contribution in [3.63, 3.8) is 0 Å². The van der Waals surface area contributed by atoms with Crippen molar-refractivity contribution in [1.29, 1.82) is 0 Å². The van der Waals surface area contributed by atoms with Crippen LogP contribution in [0.2, 0.25) is 0 Å². The summed E-state index contributed by atoms with van der Waals surface area (Å²) in [5, 5.41) is 0. The highest BCUT2D eigenvalue weighted by molar-refractivity contribution is 5.86. The highest BCUT2D eigenvalue weighted by atomic mass is 16.2. The Morgan fingerprint density at radius 3 is 2.74 bits per heavy atom. The second-order valence-electron chi connectivity index (χ2n) is 5.76. The Morgan fingerprint density at radius 1 is 1.42 bits per heavy atom. The standard InChI is InChI=1S/C16H24N2O/c1-3-16(2,17)15(19)18-11-7-10-14(18)12-13-8-5-4-6-9-13/h4-6,8-9,14H,3,7,10-12,17H2,1-2H3. The predicted molar refractivity (Wildman–Crippen MR) is 77.8 cm³/mol. The molecular formula is C16H24N2O. The van der Waals surface area contributed by atoms with Crippen LogP contribution in [-0.4, -0.2) is 28.9 Å². The number of nitrogens with two attached hydrogens (primary N) is 1. The van der Waals surface area contributed by atoms with Crippen LogP contribution in [0.15, 0.2) is 30.3 Å². The fourth-order valence-electron chi connectivity index (χ4n) is 2.68. The Bertz CT molecular complexity index is 428. The van der Waals surface area contributed by atoms with Crippen LogP contribution >= 0.6 is 0 Å². The number of hydrogen-bond donors (Lipinski definition) is 1. The van der Waals surface area contributed by atoms with E-state index in [4.69, 9.17) is 5.73 Å². The zero-order valence-electron chi connectivity index (χ0n) is 11.9. The van der Waals surface area contributed by atoms with Crippen molar-refractivity contribution >= 4 is 5.91 Å². The molecule has 1 heterocycles. The van der Waals surface area contributed by atoms with Gasteiger partial charge in [-0.25, -0.2) is 0 Å². The minimum Gasteiger partial charge on any atom is -0.338 e. The van der Waals surface area contributed by atoms with E-state index in [9.17, 15) is 4.79 Å². The van der Waals surface area contributed by atoms with Crippen LogP contribution in [0.3, 0.4) is 0 Å². The topological polar surface area (TPSA) is 46.3 Å². The van der Waals surface area contributed by atoms with Gasteiger partial charge in [-0.1, -0.05) is 37.3 Å². The van der Waals surface area contributed by atoms with Gasteiger partial charge in [0.2, 0.25) is 5.91 Å². The van der Waals surface area contributed by atoms with Gasteiger partial charge in [0.1, 0.15) is 0 Å². The van der Waals surface area contributed by atoms with Gasteiger partial charge in [-0.3, -0.25) is 4.79 Å². The molecule has 2 atom stereocenters. The van der Waals surface area contributed by atoms with Gasteiger partial charge in [0.15, 0.2) is 0 Å². The van der Waals surface area contributed by atoms with Gasteiger partial charge >= 0.3 is 0 Å². The number of carbonyl (C=O) groups is 1. The molecule has 1 aromatic rings. The van der Waals surface area contributed by atoms with Gasteiger partial charge in [-0.15, -0.1) is 0 Å². The summed E-state index contributed by atoms with van der Waals surface area (Å²) in [7, 11) is 0. The minimum absolute atomic E-state index is 0.105. The average molecular weight is 260 g/mol. The van der Waals surface area contributed by atoms with Crippen molar-refractivity contribution < 1.29 is 4.79 Å². The Morgan fingerprint density at radius 2 is 2.11 bits per heavy atom. The van der Waals surface area contributed by atoms with E-state index in [0.29, 0.717) is 12.5 Å². The smallest absolute Gasteiger partial charge is 0.242 e. The molecule has 2 unspecified atom stereocenters. The summed E-state index contributed by atoms with van der Waals surface area (Å²) < 4.78 is 0. The molecule has 1 saturated heterocycles. The normalized spacial score (nSPS) is 22.3. The summed E-state index contributed by atoms with van der Waals surface area (Å²) in [5.41, 5.74) is 6.67. The highest BCUT2D eigenvalue weighted by Gasteiger charge is 2.36. The Balaban J connectivity index is 2.07. The van der Waals surface area contributed by atoms with Crippen molar-refractivity contribution in [2.24, 2.45) is 5.73 Å². The van der Waals surface area contributed by atoms with E-state index in [-0.39, 0.29) is 5.91 Å². The van der Waals surface area contributed by atoms with Gasteiger partial charge in [0, 0.05) is 12.6 Å². The molecule has 2 rings (SSSR count). The molecule has 3 nitrogen and oxygen atoms in total. The van der Waals surface area contributed by atoms with Crippen molar-refractivity contribution in [2.75, 3.05) is 6.54 Å². The van der Waals surface area contributed by atoms with E-state index >= 15 is 0 Å². The van der Waals surface area contributed by atoms with Gasteiger partial charge in [-0.05, 0) is 38.2 Å². The lowest BCUT2D eigenvalue weighted by Crippen LogP contribution is -2.54. The summed E-state index contributed by atoms with van der Waals surface area (Å²) in [6.07, 6.45) is 3.79. The highest BCUT2D eigenvalue weighted by Crippen LogP contribution is 2.24. The maximum absolute atomic E-state index is 12.5. The maximum atomic E-state index is 12.5. The Kier molecular flexibility index (Phi) is 4.25. The number of hydrogen-bond acceptors (Lipinski definition) is 2. The first-order chi connectivity index (χ1) is 9.04. The molecule has 1 aliphatic rings. The summed E-state index contributed by atoms with van der Waals surface area (Å²) in [5.74, 6) is 0.105. The maximum Gasteiger partial charge on any atom is 0.242 e. The molecule has 2 N–H and O–H groups in total. The molecule has 0 radical (unpaired) electrons. The van der Waals surface area contributed by atoms with Crippen LogP contribution < -0.4 is 5.73 Å². The number of amides is 1.